The topological polar surface area (TPSA) is 47.6 Å². The molecule has 19 heavy (non-hydrogen) atoms. The molecule has 104 valence electrons. The van der Waals surface area contributed by atoms with Crippen LogP contribution < -0.4 is 14.8 Å². The van der Waals surface area contributed by atoms with Crippen LogP contribution in [-0.2, 0) is 10.8 Å². The Morgan fingerprint density at radius 3 is 2.63 bits per heavy atom. The van der Waals surface area contributed by atoms with Crippen molar-refractivity contribution in [1.29, 1.82) is 0 Å². The summed E-state index contributed by atoms with van der Waals surface area (Å²) in [6.45, 7) is 3.41. The maximum Gasteiger partial charge on any atom is 0.162 e. The summed E-state index contributed by atoms with van der Waals surface area (Å²) in [5, 5.41) is 3.42. The monoisotopic (exact) mass is 281 g/mol. The van der Waals surface area contributed by atoms with Crippen molar-refractivity contribution in [2.75, 3.05) is 20.3 Å². The van der Waals surface area contributed by atoms with Crippen molar-refractivity contribution in [2.45, 2.75) is 36.0 Å². The van der Waals surface area contributed by atoms with E-state index in [-0.39, 0.29) is 11.3 Å². The van der Waals surface area contributed by atoms with Gasteiger partial charge in [-0.2, -0.15) is 0 Å². The average Bonchev–Trinajstić information content (AvgIpc) is 2.58. The van der Waals surface area contributed by atoms with E-state index in [0.717, 1.165) is 34.8 Å². The molecule has 0 amide bonds. The lowest BCUT2D eigenvalue weighted by Crippen LogP contribution is -2.26. The number of nitrogens with one attached hydrogen (secondary N) is 1. The van der Waals surface area contributed by atoms with Crippen LogP contribution in [0.25, 0.3) is 0 Å². The highest BCUT2D eigenvalue weighted by atomic mass is 32.2. The predicted molar refractivity (Wildman–Crippen MR) is 74.3 cm³/mol. The number of rotatable bonds is 2. The van der Waals surface area contributed by atoms with E-state index in [1.807, 2.05) is 19.2 Å². The lowest BCUT2D eigenvalue weighted by Gasteiger charge is -2.17. The summed E-state index contributed by atoms with van der Waals surface area (Å²) in [5.41, 5.74) is 1.09. The van der Waals surface area contributed by atoms with Gasteiger partial charge >= 0.3 is 0 Å². The summed E-state index contributed by atoms with van der Waals surface area (Å²) in [6, 6.07) is 4.05. The Bertz CT molecular complexity index is 518. The minimum absolute atomic E-state index is 0.131. The number of ether oxygens (including phenoxy) is 2. The first-order valence-corrected chi connectivity index (χ1v) is 7.99. The first kappa shape index (κ1) is 12.9. The lowest BCUT2D eigenvalue weighted by molar-refractivity contribution is 0.296. The van der Waals surface area contributed by atoms with Crippen LogP contribution in [0.2, 0.25) is 0 Å². The third-order valence-electron chi connectivity index (χ3n) is 3.79. The average molecular weight is 281 g/mol. The number of fused-ring (bicyclic) bond motifs is 2. The molecular weight excluding hydrogens is 262 g/mol. The molecule has 2 aliphatic heterocycles. The third kappa shape index (κ3) is 2.05. The van der Waals surface area contributed by atoms with Crippen LogP contribution in [0, 0.1) is 0 Å². The fourth-order valence-electron chi connectivity index (χ4n) is 2.84. The quantitative estimate of drug-likeness (QED) is 0.901. The largest absolute Gasteiger partial charge is 0.490 e. The van der Waals surface area contributed by atoms with Crippen LogP contribution in [0.15, 0.2) is 17.0 Å². The molecule has 1 N–H and O–H groups in total. The Labute approximate surface area is 115 Å². The zero-order valence-corrected chi connectivity index (χ0v) is 12.1. The van der Waals surface area contributed by atoms with Gasteiger partial charge in [-0.05, 0) is 25.1 Å². The molecule has 0 bridgehead atoms. The Morgan fingerprint density at radius 1 is 1.32 bits per heavy atom. The standard InChI is InChI=1S/C14H19NO3S/c1-3-12-14(15-2)9-7-10-11(8-13(9)19(12)16)18-6-4-5-17-10/h7-8,12,14-15H,3-6H2,1-2H3. The molecular formula is C14H19NO3S. The molecule has 1 aromatic rings. The normalized spacial score (nSPS) is 28.8. The van der Waals surface area contributed by atoms with Gasteiger partial charge < -0.3 is 14.8 Å². The molecule has 0 spiro atoms. The van der Waals surface area contributed by atoms with Crippen molar-refractivity contribution in [1.82, 2.24) is 5.32 Å². The van der Waals surface area contributed by atoms with Gasteiger partial charge in [0, 0.05) is 23.4 Å². The second-order valence-corrected chi connectivity index (χ2v) is 6.54. The molecule has 5 heteroatoms. The maximum atomic E-state index is 12.5. The zero-order valence-electron chi connectivity index (χ0n) is 11.3. The fraction of sp³-hybridized carbons (Fsp3) is 0.571. The highest BCUT2D eigenvalue weighted by Crippen LogP contribution is 2.44. The van der Waals surface area contributed by atoms with Gasteiger partial charge in [0.1, 0.15) is 0 Å². The predicted octanol–water partition coefficient (Wildman–Crippen LogP) is 2.01. The summed E-state index contributed by atoms with van der Waals surface area (Å²) in [4.78, 5) is 0.899. The van der Waals surface area contributed by atoms with E-state index in [9.17, 15) is 4.21 Å². The van der Waals surface area contributed by atoms with Crippen LogP contribution in [0.3, 0.4) is 0 Å². The maximum absolute atomic E-state index is 12.5. The molecule has 0 radical (unpaired) electrons. The summed E-state index contributed by atoms with van der Waals surface area (Å²) in [6.07, 6.45) is 1.77. The molecule has 3 atom stereocenters. The smallest absolute Gasteiger partial charge is 0.162 e. The number of hydrogen-bond donors (Lipinski definition) is 1. The lowest BCUT2D eigenvalue weighted by atomic mass is 10.0. The van der Waals surface area contributed by atoms with Crippen molar-refractivity contribution < 1.29 is 13.7 Å². The van der Waals surface area contributed by atoms with E-state index < -0.39 is 10.8 Å². The van der Waals surface area contributed by atoms with Gasteiger partial charge in [-0.3, -0.25) is 4.21 Å². The molecule has 3 rings (SSSR count). The van der Waals surface area contributed by atoms with Gasteiger partial charge in [-0.25, -0.2) is 0 Å². The minimum Gasteiger partial charge on any atom is -0.490 e. The Kier molecular flexibility index (Phi) is 3.50. The van der Waals surface area contributed by atoms with E-state index >= 15 is 0 Å². The van der Waals surface area contributed by atoms with Crippen molar-refractivity contribution >= 4 is 10.8 Å². The fourth-order valence-corrected chi connectivity index (χ4v) is 4.64. The van der Waals surface area contributed by atoms with Crippen molar-refractivity contribution in [3.63, 3.8) is 0 Å². The molecule has 4 nitrogen and oxygen atoms in total. The molecule has 2 aliphatic rings. The Balaban J connectivity index is 2.08. The van der Waals surface area contributed by atoms with Gasteiger partial charge in [0.15, 0.2) is 11.5 Å². The SMILES string of the molecule is CCC1C(NC)c2cc3c(cc2S1=O)OCCCO3. The first-order valence-electron chi connectivity index (χ1n) is 6.77. The van der Waals surface area contributed by atoms with Crippen LogP contribution in [0.4, 0.5) is 0 Å². The number of hydrogen-bond acceptors (Lipinski definition) is 4. The highest BCUT2D eigenvalue weighted by Gasteiger charge is 2.38. The molecule has 0 aromatic heterocycles. The minimum atomic E-state index is -0.967. The Hall–Kier alpha value is -1.07. The molecule has 0 fully saturated rings. The van der Waals surface area contributed by atoms with Gasteiger partial charge in [-0.15, -0.1) is 0 Å². The summed E-state index contributed by atoms with van der Waals surface area (Å²) in [7, 11) is 0.952. The van der Waals surface area contributed by atoms with Crippen LogP contribution in [0.5, 0.6) is 11.5 Å². The summed E-state index contributed by atoms with van der Waals surface area (Å²) >= 11 is 0. The molecule has 0 saturated heterocycles. The van der Waals surface area contributed by atoms with Gasteiger partial charge in [-0.1, -0.05) is 6.92 Å². The van der Waals surface area contributed by atoms with Gasteiger partial charge in [0.25, 0.3) is 0 Å². The van der Waals surface area contributed by atoms with E-state index in [0.29, 0.717) is 13.2 Å². The Morgan fingerprint density at radius 2 is 2.00 bits per heavy atom. The first-order chi connectivity index (χ1) is 9.26. The molecule has 0 saturated carbocycles. The molecule has 3 unspecified atom stereocenters. The molecule has 1 aromatic carbocycles. The van der Waals surface area contributed by atoms with Gasteiger partial charge in [0.05, 0.1) is 29.3 Å². The van der Waals surface area contributed by atoms with E-state index in [1.165, 1.54) is 0 Å². The van der Waals surface area contributed by atoms with E-state index in [4.69, 9.17) is 9.47 Å². The second kappa shape index (κ2) is 5.13. The van der Waals surface area contributed by atoms with E-state index in [2.05, 4.69) is 12.2 Å². The van der Waals surface area contributed by atoms with Crippen LogP contribution in [0.1, 0.15) is 31.4 Å². The molecule has 2 heterocycles. The van der Waals surface area contributed by atoms with Gasteiger partial charge in [0.2, 0.25) is 0 Å². The van der Waals surface area contributed by atoms with Crippen LogP contribution in [-0.4, -0.2) is 29.7 Å². The molecule has 0 aliphatic carbocycles. The third-order valence-corrected chi connectivity index (χ3v) is 5.73. The van der Waals surface area contributed by atoms with Crippen LogP contribution >= 0.6 is 0 Å². The van der Waals surface area contributed by atoms with Crippen molar-refractivity contribution in [2.24, 2.45) is 0 Å². The summed E-state index contributed by atoms with van der Waals surface area (Å²) < 4.78 is 23.9. The highest BCUT2D eigenvalue weighted by molar-refractivity contribution is 7.86. The number of benzene rings is 1. The van der Waals surface area contributed by atoms with Crippen molar-refractivity contribution in [3.8, 4) is 11.5 Å². The van der Waals surface area contributed by atoms with E-state index in [1.54, 1.807) is 0 Å². The summed E-state index contributed by atoms with van der Waals surface area (Å²) in [5.74, 6) is 1.52. The second-order valence-electron chi connectivity index (χ2n) is 4.90. The zero-order chi connectivity index (χ0) is 13.4. The van der Waals surface area contributed by atoms with Crippen molar-refractivity contribution in [3.05, 3.63) is 17.7 Å².